The predicted octanol–water partition coefficient (Wildman–Crippen LogP) is 3.61. The first-order valence-corrected chi connectivity index (χ1v) is 5.92. The van der Waals surface area contributed by atoms with Crippen molar-refractivity contribution in [2.24, 2.45) is 0 Å². The van der Waals surface area contributed by atoms with Crippen LogP contribution in [-0.4, -0.2) is 11.1 Å². The van der Waals surface area contributed by atoms with Crippen LogP contribution >= 0.6 is 27.5 Å². The normalized spacial score (nSPS) is 18.3. The number of hydrogen-bond acceptors (Lipinski definition) is 1. The molecule has 2 rings (SSSR count). The molecule has 1 N–H and O–H groups in total. The maximum atomic E-state index is 11.3. The fourth-order valence-electron chi connectivity index (χ4n) is 2.01. The molecule has 0 spiro atoms. The first-order chi connectivity index (χ1) is 7.06. The minimum Gasteiger partial charge on any atom is -0.481 e. The molecular weight excluding hydrogens is 279 g/mol. The number of rotatable bonds is 2. The van der Waals surface area contributed by atoms with Gasteiger partial charge in [-0.2, -0.15) is 0 Å². The number of hydrogen-bond donors (Lipinski definition) is 1. The number of benzene rings is 1. The van der Waals surface area contributed by atoms with Gasteiger partial charge in [-0.05, 0) is 30.5 Å². The Kier molecular flexibility index (Phi) is 2.77. The van der Waals surface area contributed by atoms with Crippen molar-refractivity contribution in [1.29, 1.82) is 0 Å². The molecule has 1 aliphatic rings. The van der Waals surface area contributed by atoms with E-state index >= 15 is 0 Å². The molecule has 15 heavy (non-hydrogen) atoms. The largest absolute Gasteiger partial charge is 0.481 e. The average Bonchev–Trinajstić information content (AvgIpc) is 2.05. The zero-order valence-electron chi connectivity index (χ0n) is 7.96. The monoisotopic (exact) mass is 288 g/mol. The van der Waals surface area contributed by atoms with E-state index in [1.807, 2.05) is 0 Å². The van der Waals surface area contributed by atoms with E-state index in [2.05, 4.69) is 15.9 Å². The minimum atomic E-state index is -0.739. The van der Waals surface area contributed by atoms with Crippen molar-refractivity contribution in [3.8, 4) is 0 Å². The van der Waals surface area contributed by atoms with Crippen molar-refractivity contribution in [3.63, 3.8) is 0 Å². The zero-order chi connectivity index (χ0) is 11.1. The fraction of sp³-hybridized carbons (Fsp3) is 0.364. The molecule has 4 heteroatoms. The van der Waals surface area contributed by atoms with Crippen LogP contribution in [0.4, 0.5) is 0 Å². The molecule has 0 amide bonds. The molecule has 0 atom stereocenters. The van der Waals surface area contributed by atoms with Crippen LogP contribution in [0, 0.1) is 0 Å². The molecule has 1 aliphatic carbocycles. The summed E-state index contributed by atoms with van der Waals surface area (Å²) in [5, 5.41) is 9.89. The van der Waals surface area contributed by atoms with Crippen molar-refractivity contribution < 1.29 is 9.90 Å². The van der Waals surface area contributed by atoms with Gasteiger partial charge in [0.2, 0.25) is 0 Å². The molecule has 0 saturated heterocycles. The van der Waals surface area contributed by atoms with E-state index in [-0.39, 0.29) is 0 Å². The standard InChI is InChI=1S/C11H10BrClO2/c12-9-6-7(13)2-3-8(9)11(10(14)15)4-1-5-11/h2-3,6H,1,4-5H2,(H,14,15). The lowest BCUT2D eigenvalue weighted by Gasteiger charge is -2.38. The summed E-state index contributed by atoms with van der Waals surface area (Å²) < 4.78 is 0.789. The van der Waals surface area contributed by atoms with Crippen molar-refractivity contribution in [2.75, 3.05) is 0 Å². The highest BCUT2D eigenvalue weighted by Crippen LogP contribution is 2.46. The van der Waals surface area contributed by atoms with Gasteiger partial charge in [-0.25, -0.2) is 0 Å². The number of carbonyl (C=O) groups is 1. The second kappa shape index (κ2) is 3.80. The van der Waals surface area contributed by atoms with Crippen LogP contribution in [0.2, 0.25) is 5.02 Å². The lowest BCUT2D eigenvalue weighted by Crippen LogP contribution is -2.42. The third-order valence-corrected chi connectivity index (χ3v) is 3.95. The van der Waals surface area contributed by atoms with E-state index in [0.29, 0.717) is 17.9 Å². The van der Waals surface area contributed by atoms with Gasteiger partial charge in [-0.1, -0.05) is 40.0 Å². The Hall–Kier alpha value is -0.540. The van der Waals surface area contributed by atoms with Crippen LogP contribution in [0.1, 0.15) is 24.8 Å². The minimum absolute atomic E-state index is 0.616. The highest BCUT2D eigenvalue weighted by atomic mass is 79.9. The summed E-state index contributed by atoms with van der Waals surface area (Å²) in [5.41, 5.74) is 0.148. The molecule has 2 nitrogen and oxygen atoms in total. The van der Waals surface area contributed by atoms with Gasteiger partial charge in [0.25, 0.3) is 0 Å². The highest BCUT2D eigenvalue weighted by Gasteiger charge is 2.46. The van der Waals surface area contributed by atoms with Crippen molar-refractivity contribution in [1.82, 2.24) is 0 Å². The zero-order valence-corrected chi connectivity index (χ0v) is 10.3. The van der Waals surface area contributed by atoms with E-state index in [1.54, 1.807) is 18.2 Å². The number of halogens is 2. The van der Waals surface area contributed by atoms with Crippen LogP contribution < -0.4 is 0 Å². The maximum absolute atomic E-state index is 11.3. The van der Waals surface area contributed by atoms with Gasteiger partial charge in [-0.3, -0.25) is 4.79 Å². The molecule has 0 aromatic heterocycles. The Morgan fingerprint density at radius 2 is 2.13 bits per heavy atom. The third-order valence-electron chi connectivity index (χ3n) is 3.06. The van der Waals surface area contributed by atoms with Crippen molar-refractivity contribution in [3.05, 3.63) is 33.3 Å². The van der Waals surface area contributed by atoms with E-state index in [0.717, 1.165) is 16.5 Å². The summed E-state index contributed by atoms with van der Waals surface area (Å²) in [6.07, 6.45) is 2.40. The summed E-state index contributed by atoms with van der Waals surface area (Å²) in [5.74, 6) is -0.739. The van der Waals surface area contributed by atoms with Crippen LogP contribution in [0.5, 0.6) is 0 Å². The first kappa shape index (κ1) is 11.0. The summed E-state index contributed by atoms with van der Waals surface area (Å²) in [4.78, 5) is 11.3. The molecule has 0 heterocycles. The van der Waals surface area contributed by atoms with Gasteiger partial charge in [-0.15, -0.1) is 0 Å². The number of carboxylic acid groups (broad SMARTS) is 1. The van der Waals surface area contributed by atoms with Crippen LogP contribution in [0.3, 0.4) is 0 Å². The number of carboxylic acids is 1. The Morgan fingerprint density at radius 1 is 1.47 bits per heavy atom. The maximum Gasteiger partial charge on any atom is 0.314 e. The Morgan fingerprint density at radius 3 is 2.53 bits per heavy atom. The molecule has 0 unspecified atom stereocenters. The number of aliphatic carboxylic acids is 1. The van der Waals surface area contributed by atoms with Crippen LogP contribution in [0.25, 0.3) is 0 Å². The second-order valence-electron chi connectivity index (χ2n) is 3.86. The highest BCUT2D eigenvalue weighted by molar-refractivity contribution is 9.10. The van der Waals surface area contributed by atoms with Gasteiger partial charge in [0.1, 0.15) is 0 Å². The molecule has 80 valence electrons. The van der Waals surface area contributed by atoms with Crippen molar-refractivity contribution >= 4 is 33.5 Å². The molecule has 1 aromatic carbocycles. The molecule has 0 radical (unpaired) electrons. The van der Waals surface area contributed by atoms with Crippen LogP contribution in [0.15, 0.2) is 22.7 Å². The van der Waals surface area contributed by atoms with Gasteiger partial charge in [0.05, 0.1) is 5.41 Å². The van der Waals surface area contributed by atoms with E-state index in [9.17, 15) is 9.90 Å². The summed E-state index contributed by atoms with van der Waals surface area (Å²) in [6, 6.07) is 5.30. The molecule has 1 fully saturated rings. The SMILES string of the molecule is O=C(O)C1(c2ccc(Cl)cc2Br)CCC1. The van der Waals surface area contributed by atoms with E-state index in [1.165, 1.54) is 0 Å². The summed E-state index contributed by atoms with van der Waals surface area (Å²) >= 11 is 9.21. The Bertz CT molecular complexity index is 413. The van der Waals surface area contributed by atoms with Crippen LogP contribution in [-0.2, 0) is 10.2 Å². The summed E-state index contributed by atoms with van der Waals surface area (Å²) in [6.45, 7) is 0. The Labute approximate surface area is 101 Å². The lowest BCUT2D eigenvalue weighted by atomic mass is 9.64. The van der Waals surface area contributed by atoms with Gasteiger partial charge >= 0.3 is 5.97 Å². The Balaban J connectivity index is 2.48. The molecule has 0 aliphatic heterocycles. The smallest absolute Gasteiger partial charge is 0.314 e. The van der Waals surface area contributed by atoms with Gasteiger partial charge in [0, 0.05) is 9.50 Å². The first-order valence-electron chi connectivity index (χ1n) is 4.75. The van der Waals surface area contributed by atoms with E-state index in [4.69, 9.17) is 11.6 Å². The average molecular weight is 290 g/mol. The topological polar surface area (TPSA) is 37.3 Å². The van der Waals surface area contributed by atoms with Gasteiger partial charge < -0.3 is 5.11 Å². The third kappa shape index (κ3) is 1.68. The second-order valence-corrected chi connectivity index (χ2v) is 5.16. The fourth-order valence-corrected chi connectivity index (χ4v) is 3.07. The molecule has 0 bridgehead atoms. The molecular formula is C11H10BrClO2. The van der Waals surface area contributed by atoms with Gasteiger partial charge in [0.15, 0.2) is 0 Å². The molecule has 1 aromatic rings. The molecule has 1 saturated carbocycles. The predicted molar refractivity (Wildman–Crippen MR) is 62.3 cm³/mol. The summed E-state index contributed by atoms with van der Waals surface area (Å²) in [7, 11) is 0. The quantitative estimate of drug-likeness (QED) is 0.903. The van der Waals surface area contributed by atoms with E-state index < -0.39 is 11.4 Å². The van der Waals surface area contributed by atoms with Crippen molar-refractivity contribution in [2.45, 2.75) is 24.7 Å². The lowest BCUT2D eigenvalue weighted by molar-refractivity contribution is -0.147.